The Morgan fingerprint density at radius 1 is 1.73 bits per heavy atom. The van der Waals surface area contributed by atoms with Crippen molar-refractivity contribution in [3.63, 3.8) is 0 Å². The molecule has 0 amide bonds. The van der Waals surface area contributed by atoms with Crippen LogP contribution in [0.2, 0.25) is 0 Å². The molecule has 1 fully saturated rings. The Labute approximate surface area is 86.9 Å². The molecule has 1 aliphatic rings. The molecule has 0 aromatic carbocycles. The van der Waals surface area contributed by atoms with Crippen molar-refractivity contribution >= 4 is 5.97 Å². The Hall–Kier alpha value is -1.43. The summed E-state index contributed by atoms with van der Waals surface area (Å²) >= 11 is 0. The van der Waals surface area contributed by atoms with Gasteiger partial charge in [-0.25, -0.2) is 4.79 Å². The molecule has 1 saturated heterocycles. The number of carboxylic acid groups (broad SMARTS) is 1. The summed E-state index contributed by atoms with van der Waals surface area (Å²) in [7, 11) is 2.05. The van der Waals surface area contributed by atoms with Crippen LogP contribution in [0.4, 0.5) is 0 Å². The van der Waals surface area contributed by atoms with Crippen LogP contribution < -0.4 is 0 Å². The van der Waals surface area contributed by atoms with Crippen LogP contribution >= 0.6 is 0 Å². The van der Waals surface area contributed by atoms with Crippen molar-refractivity contribution in [1.29, 1.82) is 0 Å². The SMILES string of the molecule is CN1CCCC1Cc1nc(C(=O)O)no1. The molecule has 2 heterocycles. The molecule has 1 aromatic rings. The highest BCUT2D eigenvalue weighted by molar-refractivity contribution is 5.82. The lowest BCUT2D eigenvalue weighted by Crippen LogP contribution is -2.26. The Morgan fingerprint density at radius 2 is 2.53 bits per heavy atom. The summed E-state index contributed by atoms with van der Waals surface area (Å²) < 4.78 is 4.87. The number of aromatic nitrogens is 2. The maximum absolute atomic E-state index is 10.5. The summed E-state index contributed by atoms with van der Waals surface area (Å²) in [5, 5.41) is 12.0. The molecule has 1 N–H and O–H groups in total. The second-order valence-electron chi connectivity index (χ2n) is 3.80. The van der Waals surface area contributed by atoms with E-state index in [9.17, 15) is 4.79 Å². The zero-order valence-corrected chi connectivity index (χ0v) is 8.51. The van der Waals surface area contributed by atoms with Gasteiger partial charge in [0, 0.05) is 12.5 Å². The predicted octanol–water partition coefficient (Wildman–Crippen LogP) is 0.404. The highest BCUT2D eigenvalue weighted by Crippen LogP contribution is 2.18. The van der Waals surface area contributed by atoms with Crippen molar-refractivity contribution in [3.05, 3.63) is 11.7 Å². The number of likely N-dealkylation sites (N-methyl/N-ethyl adjacent to an activating group) is 1. The van der Waals surface area contributed by atoms with Crippen molar-refractivity contribution in [1.82, 2.24) is 15.0 Å². The Kier molecular flexibility index (Phi) is 2.68. The minimum Gasteiger partial charge on any atom is -0.475 e. The van der Waals surface area contributed by atoms with Gasteiger partial charge in [-0.15, -0.1) is 0 Å². The zero-order valence-electron chi connectivity index (χ0n) is 8.51. The van der Waals surface area contributed by atoms with Crippen LogP contribution in [-0.2, 0) is 6.42 Å². The first kappa shape index (κ1) is 10.1. The second-order valence-corrected chi connectivity index (χ2v) is 3.80. The second kappa shape index (κ2) is 3.98. The molecule has 15 heavy (non-hydrogen) atoms. The topological polar surface area (TPSA) is 79.5 Å². The van der Waals surface area contributed by atoms with E-state index in [0.717, 1.165) is 13.0 Å². The molecule has 1 aliphatic heterocycles. The molecule has 1 atom stereocenters. The first-order chi connectivity index (χ1) is 7.16. The fraction of sp³-hybridized carbons (Fsp3) is 0.667. The highest BCUT2D eigenvalue weighted by Gasteiger charge is 2.24. The molecule has 0 aliphatic carbocycles. The van der Waals surface area contributed by atoms with Crippen LogP contribution in [0, 0.1) is 0 Å². The van der Waals surface area contributed by atoms with Crippen LogP contribution in [0.25, 0.3) is 0 Å². The Bertz CT molecular complexity index is 363. The average Bonchev–Trinajstić information content (AvgIpc) is 2.77. The summed E-state index contributed by atoms with van der Waals surface area (Å²) in [6.07, 6.45) is 2.90. The molecular formula is C9H13N3O3. The quantitative estimate of drug-likeness (QED) is 0.779. The van der Waals surface area contributed by atoms with Crippen molar-refractivity contribution in [3.8, 4) is 0 Å². The molecule has 1 unspecified atom stereocenters. The third kappa shape index (κ3) is 2.15. The summed E-state index contributed by atoms with van der Waals surface area (Å²) in [4.78, 5) is 16.6. The van der Waals surface area contributed by atoms with Gasteiger partial charge in [0.05, 0.1) is 0 Å². The molecule has 0 saturated carbocycles. The standard InChI is InChI=1S/C9H13N3O3/c1-12-4-2-3-6(12)5-7-10-8(9(13)14)11-15-7/h6H,2-5H2,1H3,(H,13,14). The number of carboxylic acids is 1. The Morgan fingerprint density at radius 3 is 3.07 bits per heavy atom. The molecule has 1 aromatic heterocycles. The van der Waals surface area contributed by atoms with Gasteiger partial charge >= 0.3 is 5.97 Å². The van der Waals surface area contributed by atoms with Crippen LogP contribution in [0.1, 0.15) is 29.4 Å². The fourth-order valence-corrected chi connectivity index (χ4v) is 1.86. The number of rotatable bonds is 3. The van der Waals surface area contributed by atoms with E-state index >= 15 is 0 Å². The van der Waals surface area contributed by atoms with Crippen LogP contribution in [0.5, 0.6) is 0 Å². The predicted molar refractivity (Wildman–Crippen MR) is 50.6 cm³/mol. The average molecular weight is 211 g/mol. The van der Waals surface area contributed by atoms with Crippen LogP contribution in [0.15, 0.2) is 4.52 Å². The van der Waals surface area contributed by atoms with Gasteiger partial charge in [-0.05, 0) is 31.6 Å². The lowest BCUT2D eigenvalue weighted by molar-refractivity contribution is 0.0680. The van der Waals surface area contributed by atoms with Gasteiger partial charge in [0.2, 0.25) is 5.89 Å². The molecule has 0 radical (unpaired) electrons. The highest BCUT2D eigenvalue weighted by atomic mass is 16.5. The molecule has 2 rings (SSSR count). The van der Waals surface area contributed by atoms with E-state index in [1.54, 1.807) is 0 Å². The van der Waals surface area contributed by atoms with Gasteiger partial charge in [0.1, 0.15) is 0 Å². The van der Waals surface area contributed by atoms with Crippen LogP contribution in [-0.4, -0.2) is 45.8 Å². The van der Waals surface area contributed by atoms with Gasteiger partial charge in [-0.3, -0.25) is 0 Å². The Balaban J connectivity index is 2.01. The number of nitrogens with zero attached hydrogens (tertiary/aromatic N) is 3. The van der Waals surface area contributed by atoms with Crippen molar-refractivity contribution < 1.29 is 14.4 Å². The minimum absolute atomic E-state index is 0.259. The lowest BCUT2D eigenvalue weighted by Gasteiger charge is -2.16. The normalized spacial score (nSPS) is 22.1. The summed E-state index contributed by atoms with van der Waals surface area (Å²) in [6.45, 7) is 1.07. The molecule has 6 nitrogen and oxygen atoms in total. The number of likely N-dealkylation sites (tertiary alicyclic amines) is 1. The van der Waals surface area contributed by atoms with Gasteiger partial charge in [-0.1, -0.05) is 0 Å². The summed E-state index contributed by atoms with van der Waals surface area (Å²) in [5.74, 6) is -0.999. The number of carbonyl (C=O) groups is 1. The maximum Gasteiger partial charge on any atom is 0.377 e. The van der Waals surface area contributed by atoms with Crippen LogP contribution in [0.3, 0.4) is 0 Å². The number of hydrogen-bond acceptors (Lipinski definition) is 5. The van der Waals surface area contributed by atoms with E-state index in [4.69, 9.17) is 9.63 Å². The lowest BCUT2D eigenvalue weighted by atomic mass is 10.1. The van der Waals surface area contributed by atoms with E-state index in [2.05, 4.69) is 15.0 Å². The van der Waals surface area contributed by atoms with Gasteiger partial charge in [0.15, 0.2) is 0 Å². The van der Waals surface area contributed by atoms with Crippen molar-refractivity contribution in [2.45, 2.75) is 25.3 Å². The molecule has 0 spiro atoms. The molecule has 82 valence electrons. The maximum atomic E-state index is 10.5. The third-order valence-electron chi connectivity index (χ3n) is 2.74. The van der Waals surface area contributed by atoms with E-state index in [0.29, 0.717) is 18.4 Å². The molecule has 0 bridgehead atoms. The summed E-state index contributed by atoms with van der Waals surface area (Å²) in [6, 6.07) is 0.395. The van der Waals surface area contributed by atoms with Crippen molar-refractivity contribution in [2.24, 2.45) is 0 Å². The number of hydrogen-bond donors (Lipinski definition) is 1. The largest absolute Gasteiger partial charge is 0.475 e. The molecule has 6 heteroatoms. The fourth-order valence-electron chi connectivity index (χ4n) is 1.86. The molecular weight excluding hydrogens is 198 g/mol. The van der Waals surface area contributed by atoms with Crippen molar-refractivity contribution in [2.75, 3.05) is 13.6 Å². The van der Waals surface area contributed by atoms with Gasteiger partial charge in [0.25, 0.3) is 5.82 Å². The van der Waals surface area contributed by atoms with E-state index in [1.807, 2.05) is 7.05 Å². The van der Waals surface area contributed by atoms with E-state index < -0.39 is 5.97 Å². The third-order valence-corrected chi connectivity index (χ3v) is 2.74. The van der Waals surface area contributed by atoms with E-state index in [-0.39, 0.29) is 5.82 Å². The number of aromatic carboxylic acids is 1. The first-order valence-corrected chi connectivity index (χ1v) is 4.93. The van der Waals surface area contributed by atoms with Gasteiger partial charge < -0.3 is 14.5 Å². The zero-order chi connectivity index (χ0) is 10.8. The van der Waals surface area contributed by atoms with E-state index in [1.165, 1.54) is 6.42 Å². The van der Waals surface area contributed by atoms with Gasteiger partial charge in [-0.2, -0.15) is 4.98 Å². The monoisotopic (exact) mass is 211 g/mol. The summed E-state index contributed by atoms with van der Waals surface area (Å²) in [5.41, 5.74) is 0. The first-order valence-electron chi connectivity index (χ1n) is 4.93. The minimum atomic E-state index is -1.15. The smallest absolute Gasteiger partial charge is 0.377 e.